The van der Waals surface area contributed by atoms with E-state index in [0.717, 1.165) is 17.0 Å². The molecule has 0 aliphatic carbocycles. The Morgan fingerprint density at radius 3 is 2.58 bits per heavy atom. The number of hydrogen-bond acceptors (Lipinski definition) is 2. The zero-order valence-electron chi connectivity index (χ0n) is 14.8. The number of aryl methyl sites for hydroxylation is 2. The van der Waals surface area contributed by atoms with Gasteiger partial charge < -0.3 is 10.1 Å². The van der Waals surface area contributed by atoms with Gasteiger partial charge in [-0.05, 0) is 48.6 Å². The van der Waals surface area contributed by atoms with E-state index in [4.69, 9.17) is 4.74 Å². The minimum Gasteiger partial charge on any atom is -0.493 e. The third-order valence-corrected chi connectivity index (χ3v) is 4.57. The van der Waals surface area contributed by atoms with Gasteiger partial charge in [-0.3, -0.25) is 4.79 Å². The molecular weight excluding hydrogens is 298 g/mol. The Morgan fingerprint density at radius 2 is 1.83 bits per heavy atom. The molecule has 0 radical (unpaired) electrons. The van der Waals surface area contributed by atoms with Gasteiger partial charge in [0.1, 0.15) is 5.75 Å². The quantitative estimate of drug-likeness (QED) is 0.876. The first-order valence-electron chi connectivity index (χ1n) is 8.58. The topological polar surface area (TPSA) is 38.3 Å². The maximum atomic E-state index is 12.2. The summed E-state index contributed by atoms with van der Waals surface area (Å²) in [5.74, 6) is 1.45. The number of nitrogens with one attached hydrogen (secondary N) is 1. The highest BCUT2D eigenvalue weighted by Gasteiger charge is 2.29. The molecule has 0 saturated heterocycles. The summed E-state index contributed by atoms with van der Waals surface area (Å²) in [7, 11) is 0. The number of hydrogen-bond donors (Lipinski definition) is 1. The summed E-state index contributed by atoms with van der Waals surface area (Å²) in [4.78, 5) is 12.2. The van der Waals surface area contributed by atoms with Crippen LogP contribution in [0.25, 0.3) is 0 Å². The van der Waals surface area contributed by atoms with E-state index in [1.165, 1.54) is 16.7 Å². The molecule has 3 heteroatoms. The number of carbonyl (C=O) groups excluding carboxylic acids is 1. The molecule has 126 valence electrons. The van der Waals surface area contributed by atoms with Crippen molar-refractivity contribution in [2.45, 2.75) is 40.0 Å². The lowest BCUT2D eigenvalue weighted by Gasteiger charge is -2.28. The van der Waals surface area contributed by atoms with E-state index in [1.807, 2.05) is 18.2 Å². The molecule has 2 aromatic rings. The summed E-state index contributed by atoms with van der Waals surface area (Å²) in [6.45, 7) is 9.14. The molecular formula is C21H25NO2. The summed E-state index contributed by atoms with van der Waals surface area (Å²) in [5, 5.41) is 3.02. The average molecular weight is 323 g/mol. The van der Waals surface area contributed by atoms with Crippen LogP contribution in [0.4, 0.5) is 5.69 Å². The number of fused-ring (bicyclic) bond motifs is 1. The standard InChI is InChI=1S/C21H25NO2/c1-13(2)12-24-20-8-6-5-7-16(20)17-11-21(23)22-19-10-15(4)14(3)9-18(17)19/h5-10,13,17H,11-12H2,1-4H3,(H,22,23)/t17-/m1/s1. The van der Waals surface area contributed by atoms with E-state index in [-0.39, 0.29) is 11.8 Å². The lowest BCUT2D eigenvalue weighted by atomic mass is 9.83. The Kier molecular flexibility index (Phi) is 4.61. The number of rotatable bonds is 4. The maximum Gasteiger partial charge on any atom is 0.225 e. The van der Waals surface area contributed by atoms with Crippen LogP contribution >= 0.6 is 0 Å². The van der Waals surface area contributed by atoms with Crippen molar-refractivity contribution in [2.75, 3.05) is 11.9 Å². The van der Waals surface area contributed by atoms with Crippen LogP contribution < -0.4 is 10.1 Å². The SMILES string of the molecule is Cc1cc2c(cc1C)[C@@H](c1ccccc1OCC(C)C)CC(=O)N2. The van der Waals surface area contributed by atoms with Crippen LogP contribution in [0.1, 0.15) is 48.4 Å². The van der Waals surface area contributed by atoms with Crippen LogP contribution in [0.3, 0.4) is 0 Å². The fourth-order valence-corrected chi connectivity index (χ4v) is 3.17. The zero-order valence-corrected chi connectivity index (χ0v) is 14.8. The second-order valence-electron chi connectivity index (χ2n) is 7.07. The molecule has 0 bridgehead atoms. The van der Waals surface area contributed by atoms with Gasteiger partial charge in [0.05, 0.1) is 6.61 Å². The van der Waals surface area contributed by atoms with Crippen molar-refractivity contribution in [1.29, 1.82) is 0 Å². The van der Waals surface area contributed by atoms with Crippen LogP contribution in [0.15, 0.2) is 36.4 Å². The van der Waals surface area contributed by atoms with Gasteiger partial charge in [-0.25, -0.2) is 0 Å². The van der Waals surface area contributed by atoms with Crippen molar-refractivity contribution >= 4 is 11.6 Å². The molecule has 0 aromatic heterocycles. The second-order valence-corrected chi connectivity index (χ2v) is 7.07. The summed E-state index contributed by atoms with van der Waals surface area (Å²) >= 11 is 0. The van der Waals surface area contributed by atoms with Crippen LogP contribution in [0.2, 0.25) is 0 Å². The molecule has 24 heavy (non-hydrogen) atoms. The number of benzene rings is 2. The normalized spacial score (nSPS) is 16.7. The minimum atomic E-state index is 0.0383. The molecule has 1 aliphatic heterocycles. The molecule has 1 N–H and O–H groups in total. The van der Waals surface area contributed by atoms with Gasteiger partial charge in [0, 0.05) is 23.6 Å². The number of ether oxygens (including phenoxy) is 1. The van der Waals surface area contributed by atoms with E-state index in [0.29, 0.717) is 18.9 Å². The summed E-state index contributed by atoms with van der Waals surface area (Å²) in [6, 6.07) is 12.4. The highest BCUT2D eigenvalue weighted by Crippen LogP contribution is 2.41. The molecule has 1 amide bonds. The van der Waals surface area contributed by atoms with Gasteiger partial charge in [-0.2, -0.15) is 0 Å². The number of carbonyl (C=O) groups is 1. The van der Waals surface area contributed by atoms with E-state index >= 15 is 0 Å². The number of amides is 1. The first kappa shape index (κ1) is 16.6. The fraction of sp³-hybridized carbons (Fsp3) is 0.381. The summed E-state index contributed by atoms with van der Waals surface area (Å²) in [5.41, 5.74) is 5.64. The summed E-state index contributed by atoms with van der Waals surface area (Å²) < 4.78 is 6.02. The van der Waals surface area contributed by atoms with Crippen molar-refractivity contribution in [3.8, 4) is 5.75 Å². The first-order chi connectivity index (χ1) is 11.5. The van der Waals surface area contributed by atoms with Gasteiger partial charge in [0.15, 0.2) is 0 Å². The predicted octanol–water partition coefficient (Wildman–Crippen LogP) is 4.81. The molecule has 2 aromatic carbocycles. The molecule has 0 fully saturated rings. The van der Waals surface area contributed by atoms with E-state index in [1.54, 1.807) is 0 Å². The van der Waals surface area contributed by atoms with Gasteiger partial charge >= 0.3 is 0 Å². The molecule has 3 rings (SSSR count). The van der Waals surface area contributed by atoms with E-state index in [9.17, 15) is 4.79 Å². The van der Waals surface area contributed by atoms with Crippen molar-refractivity contribution in [3.05, 3.63) is 58.7 Å². The van der Waals surface area contributed by atoms with Gasteiger partial charge in [0.25, 0.3) is 0 Å². The van der Waals surface area contributed by atoms with E-state index in [2.05, 4.69) is 51.2 Å². The first-order valence-corrected chi connectivity index (χ1v) is 8.58. The van der Waals surface area contributed by atoms with Crippen molar-refractivity contribution < 1.29 is 9.53 Å². The second kappa shape index (κ2) is 6.68. The molecule has 0 saturated carbocycles. The zero-order chi connectivity index (χ0) is 17.3. The molecule has 1 atom stereocenters. The maximum absolute atomic E-state index is 12.2. The molecule has 1 aliphatic rings. The third kappa shape index (κ3) is 3.30. The number of anilines is 1. The minimum absolute atomic E-state index is 0.0383. The van der Waals surface area contributed by atoms with Crippen molar-refractivity contribution in [2.24, 2.45) is 5.92 Å². The summed E-state index contributed by atoms with van der Waals surface area (Å²) in [6.07, 6.45) is 0.456. The van der Waals surface area contributed by atoms with Crippen LogP contribution in [-0.4, -0.2) is 12.5 Å². The van der Waals surface area contributed by atoms with Crippen molar-refractivity contribution in [1.82, 2.24) is 0 Å². The van der Waals surface area contributed by atoms with Gasteiger partial charge in [0.2, 0.25) is 5.91 Å². The monoisotopic (exact) mass is 323 g/mol. The third-order valence-electron chi connectivity index (χ3n) is 4.57. The Balaban J connectivity index is 2.05. The molecule has 0 unspecified atom stereocenters. The molecule has 3 nitrogen and oxygen atoms in total. The Hall–Kier alpha value is -2.29. The van der Waals surface area contributed by atoms with E-state index < -0.39 is 0 Å². The smallest absolute Gasteiger partial charge is 0.225 e. The van der Waals surface area contributed by atoms with Gasteiger partial charge in [-0.15, -0.1) is 0 Å². The van der Waals surface area contributed by atoms with Crippen LogP contribution in [0, 0.1) is 19.8 Å². The predicted molar refractivity (Wildman–Crippen MR) is 97.8 cm³/mol. The van der Waals surface area contributed by atoms with Crippen LogP contribution in [-0.2, 0) is 4.79 Å². The Bertz CT molecular complexity index is 764. The van der Waals surface area contributed by atoms with Crippen molar-refractivity contribution in [3.63, 3.8) is 0 Å². The average Bonchev–Trinajstić information content (AvgIpc) is 2.54. The van der Waals surface area contributed by atoms with Gasteiger partial charge in [-0.1, -0.05) is 38.1 Å². The highest BCUT2D eigenvalue weighted by atomic mass is 16.5. The lowest BCUT2D eigenvalue weighted by Crippen LogP contribution is -2.24. The lowest BCUT2D eigenvalue weighted by molar-refractivity contribution is -0.116. The highest BCUT2D eigenvalue weighted by molar-refractivity contribution is 5.95. The largest absolute Gasteiger partial charge is 0.493 e. The fourth-order valence-electron chi connectivity index (χ4n) is 3.17. The number of para-hydroxylation sites is 1. The molecule has 1 heterocycles. The Morgan fingerprint density at radius 1 is 1.12 bits per heavy atom. The Labute approximate surface area is 144 Å². The van der Waals surface area contributed by atoms with Crippen LogP contribution in [0.5, 0.6) is 5.75 Å². The molecule has 0 spiro atoms.